The van der Waals surface area contributed by atoms with Crippen LogP contribution in [0.4, 0.5) is 18.9 Å². The Morgan fingerprint density at radius 1 is 0.896 bits per heavy atom. The predicted molar refractivity (Wildman–Crippen MR) is 165 cm³/mol. The number of halogens is 3. The average Bonchev–Trinajstić information content (AvgIpc) is 3.32. The van der Waals surface area contributed by atoms with Crippen LogP contribution < -0.4 is 9.64 Å². The number of allylic oxidation sites excluding steroid dienone is 6. The van der Waals surface area contributed by atoms with Gasteiger partial charge in [-0.2, -0.15) is 0 Å². The van der Waals surface area contributed by atoms with E-state index in [2.05, 4.69) is 4.74 Å². The van der Waals surface area contributed by atoms with Gasteiger partial charge in [0.15, 0.2) is 17.3 Å². The van der Waals surface area contributed by atoms with Crippen LogP contribution in [0.1, 0.15) is 47.2 Å². The van der Waals surface area contributed by atoms with Gasteiger partial charge in [-0.3, -0.25) is 28.9 Å². The lowest BCUT2D eigenvalue weighted by Crippen LogP contribution is -2.39. The van der Waals surface area contributed by atoms with Crippen molar-refractivity contribution >= 4 is 34.9 Å². The number of hydrogen-bond donors (Lipinski definition) is 1. The maximum Gasteiger partial charge on any atom is 0.573 e. The van der Waals surface area contributed by atoms with E-state index >= 15 is 0 Å². The molecule has 0 spiro atoms. The molecule has 3 aromatic carbocycles. The molecule has 11 heteroatoms. The third-order valence-electron chi connectivity index (χ3n) is 9.53. The summed E-state index contributed by atoms with van der Waals surface area (Å²) in [5.74, 6) is -6.99. The first-order chi connectivity index (χ1) is 22.8. The number of benzene rings is 3. The molecule has 1 fully saturated rings. The molecule has 3 aliphatic carbocycles. The zero-order chi connectivity index (χ0) is 34.1. The number of aromatic hydroxyl groups is 1. The molecule has 0 unspecified atom stereocenters. The van der Waals surface area contributed by atoms with Gasteiger partial charge in [0.2, 0.25) is 11.8 Å². The van der Waals surface area contributed by atoms with Crippen molar-refractivity contribution in [2.75, 3.05) is 4.90 Å². The van der Waals surface area contributed by atoms with Crippen molar-refractivity contribution in [1.29, 1.82) is 0 Å². The van der Waals surface area contributed by atoms with Gasteiger partial charge in [-0.1, -0.05) is 42.0 Å². The van der Waals surface area contributed by atoms with Gasteiger partial charge < -0.3 is 9.84 Å². The molecule has 1 heterocycles. The molecule has 8 nitrogen and oxygen atoms in total. The highest BCUT2D eigenvalue weighted by molar-refractivity contribution is 6.25. The van der Waals surface area contributed by atoms with Crippen LogP contribution in [-0.2, 0) is 19.2 Å². The molecule has 48 heavy (non-hydrogen) atoms. The number of amides is 2. The summed E-state index contributed by atoms with van der Waals surface area (Å²) in [4.78, 5) is 68.9. The van der Waals surface area contributed by atoms with Crippen LogP contribution in [0.3, 0.4) is 0 Å². The summed E-state index contributed by atoms with van der Waals surface area (Å²) < 4.78 is 43.6. The molecule has 2 amide bonds. The molecule has 0 bridgehead atoms. The van der Waals surface area contributed by atoms with Crippen molar-refractivity contribution in [3.8, 4) is 11.5 Å². The van der Waals surface area contributed by atoms with E-state index in [4.69, 9.17) is 0 Å². The first-order valence-electron chi connectivity index (χ1n) is 15.2. The number of phenols is 1. The van der Waals surface area contributed by atoms with Gasteiger partial charge in [-0.25, -0.2) is 0 Å². The van der Waals surface area contributed by atoms with Gasteiger partial charge in [-0.05, 0) is 74.2 Å². The Kier molecular flexibility index (Phi) is 7.30. The van der Waals surface area contributed by atoms with Crippen molar-refractivity contribution in [3.63, 3.8) is 0 Å². The molecule has 0 radical (unpaired) electrons. The summed E-state index contributed by atoms with van der Waals surface area (Å²) in [6.45, 7) is 1.46. The lowest BCUT2D eigenvalue weighted by molar-refractivity contribution is -0.274. The van der Waals surface area contributed by atoms with Crippen LogP contribution in [0.2, 0.25) is 0 Å². The van der Waals surface area contributed by atoms with E-state index in [-0.39, 0.29) is 46.6 Å². The van der Waals surface area contributed by atoms with Gasteiger partial charge in [-0.15, -0.1) is 13.2 Å². The van der Waals surface area contributed by atoms with Crippen molar-refractivity contribution < 1.29 is 47.0 Å². The summed E-state index contributed by atoms with van der Waals surface area (Å²) in [5, 5.41) is 10.9. The summed E-state index contributed by atoms with van der Waals surface area (Å²) in [5.41, 5.74) is 1.70. The molecule has 7 rings (SSSR count). The smallest absolute Gasteiger partial charge is 0.508 e. The lowest BCUT2D eigenvalue weighted by Gasteiger charge is -2.42. The number of rotatable bonds is 5. The van der Waals surface area contributed by atoms with Crippen molar-refractivity contribution in [2.45, 2.75) is 32.0 Å². The van der Waals surface area contributed by atoms with Gasteiger partial charge in [0, 0.05) is 39.3 Å². The molecular formula is C37H26F3NO7. The second-order valence-corrected chi connectivity index (χ2v) is 12.3. The zero-order valence-corrected chi connectivity index (χ0v) is 25.3. The molecule has 1 N–H and O–H groups in total. The molecule has 242 valence electrons. The topological polar surface area (TPSA) is 118 Å². The standard InChI is InChI=1S/C37H26F3NO7/c1-18-15-29(43)27-17-25-23(30(32(27)33(18)44)26-16-22(11-14-28(26)42)48-37(38,39)40)12-13-24-31(25)36(47)41(35(24)46)21-9-7-20(8-10-21)34(45)19-5-3-2-4-6-19/h2-12,14-16,24-25,30-31,42H,13,17H2,1H3/t24-,25+,30+,31-/m0/s1. The number of imide groups is 1. The number of carbonyl (C=O) groups is 5. The second kappa shape index (κ2) is 11.3. The summed E-state index contributed by atoms with van der Waals surface area (Å²) in [6, 6.07) is 17.7. The predicted octanol–water partition coefficient (Wildman–Crippen LogP) is 6.16. The van der Waals surface area contributed by atoms with E-state index in [1.165, 1.54) is 37.3 Å². The van der Waals surface area contributed by atoms with E-state index in [1.54, 1.807) is 36.4 Å². The van der Waals surface area contributed by atoms with Crippen LogP contribution >= 0.6 is 0 Å². The molecule has 0 aromatic heterocycles. The fourth-order valence-corrected chi connectivity index (χ4v) is 7.45. The highest BCUT2D eigenvalue weighted by Gasteiger charge is 2.57. The Hall–Kier alpha value is -5.58. The number of ether oxygens (including phenoxy) is 1. The molecule has 4 aliphatic rings. The average molecular weight is 654 g/mol. The second-order valence-electron chi connectivity index (χ2n) is 12.3. The van der Waals surface area contributed by atoms with Gasteiger partial charge in [0.05, 0.1) is 17.5 Å². The van der Waals surface area contributed by atoms with E-state index in [1.807, 2.05) is 0 Å². The molecule has 3 aromatic rings. The third kappa shape index (κ3) is 5.06. The van der Waals surface area contributed by atoms with Crippen LogP contribution in [0.25, 0.3) is 0 Å². The number of alkyl halides is 3. The Balaban J connectivity index is 1.27. The van der Waals surface area contributed by atoms with Crippen LogP contribution in [0.15, 0.2) is 107 Å². The van der Waals surface area contributed by atoms with Crippen LogP contribution in [-0.4, -0.2) is 40.6 Å². The van der Waals surface area contributed by atoms with Crippen molar-refractivity contribution in [3.05, 3.63) is 124 Å². The number of phenolic OH excluding ortho intramolecular Hbond substituents is 1. The first-order valence-corrected chi connectivity index (χ1v) is 15.2. The summed E-state index contributed by atoms with van der Waals surface area (Å²) in [7, 11) is 0. The van der Waals surface area contributed by atoms with E-state index in [0.29, 0.717) is 16.7 Å². The fourth-order valence-electron chi connectivity index (χ4n) is 7.45. The number of fused-ring (bicyclic) bond motifs is 3. The monoisotopic (exact) mass is 653 g/mol. The number of anilines is 1. The summed E-state index contributed by atoms with van der Waals surface area (Å²) in [6.07, 6.45) is -2.13. The Labute approximate surface area is 271 Å². The Morgan fingerprint density at radius 2 is 1.58 bits per heavy atom. The lowest BCUT2D eigenvalue weighted by atomic mass is 9.59. The van der Waals surface area contributed by atoms with E-state index < -0.39 is 64.9 Å². The van der Waals surface area contributed by atoms with Gasteiger partial charge >= 0.3 is 6.36 Å². The third-order valence-corrected chi connectivity index (χ3v) is 9.53. The number of ketones is 3. The number of Topliss-reactive ketones (excluding diaryl/α,β-unsaturated/α-hetero) is 1. The normalized spacial score (nSPS) is 23.7. The minimum Gasteiger partial charge on any atom is -0.508 e. The first kappa shape index (κ1) is 31.0. The minimum absolute atomic E-state index is 0.0210. The largest absolute Gasteiger partial charge is 0.573 e. The zero-order valence-electron chi connectivity index (χ0n) is 25.3. The van der Waals surface area contributed by atoms with Crippen LogP contribution in [0, 0.1) is 17.8 Å². The van der Waals surface area contributed by atoms with Crippen LogP contribution in [0.5, 0.6) is 11.5 Å². The van der Waals surface area contributed by atoms with Gasteiger partial charge in [0.1, 0.15) is 11.5 Å². The van der Waals surface area contributed by atoms with E-state index in [0.717, 1.165) is 23.1 Å². The molecule has 1 saturated heterocycles. The number of nitrogens with zero attached hydrogens (tertiary/aromatic N) is 1. The SMILES string of the molecule is CC1=CC(=O)C2=C(C1=O)[C@@H](c1cc(OC(F)(F)F)ccc1O)C1=CC[C@@H]3C(=O)N(c4ccc(C(=O)c5ccccc5)cc4)C(=O)[C@@H]3[C@@H]1C2. The Bertz CT molecular complexity index is 2030. The maximum atomic E-state index is 14.2. The number of hydrogen-bond acceptors (Lipinski definition) is 7. The highest BCUT2D eigenvalue weighted by Crippen LogP contribution is 2.56. The van der Waals surface area contributed by atoms with Crippen molar-refractivity contribution in [1.82, 2.24) is 0 Å². The molecule has 1 aliphatic heterocycles. The van der Waals surface area contributed by atoms with Gasteiger partial charge in [0.25, 0.3) is 0 Å². The maximum absolute atomic E-state index is 14.2. The Morgan fingerprint density at radius 3 is 2.27 bits per heavy atom. The molecular weight excluding hydrogens is 627 g/mol. The van der Waals surface area contributed by atoms with Crippen molar-refractivity contribution in [2.24, 2.45) is 17.8 Å². The molecule has 4 atom stereocenters. The van der Waals surface area contributed by atoms with E-state index in [9.17, 15) is 42.3 Å². The molecule has 0 saturated carbocycles. The highest BCUT2D eigenvalue weighted by atomic mass is 19.4. The number of carbonyl (C=O) groups excluding carboxylic acids is 5. The quantitative estimate of drug-likeness (QED) is 0.152. The fraction of sp³-hybridized carbons (Fsp3) is 0.216. The summed E-state index contributed by atoms with van der Waals surface area (Å²) >= 11 is 0. The minimum atomic E-state index is -5.03.